The number of halogens is 1. The highest BCUT2D eigenvalue weighted by atomic mass is 79.9. The van der Waals surface area contributed by atoms with E-state index in [9.17, 15) is 0 Å². The molecular formula is C13H15BrN2. The minimum Gasteiger partial charge on any atom is -0.313 e. The molecule has 1 fully saturated rings. The van der Waals surface area contributed by atoms with Crippen LogP contribution in [-0.2, 0) is 0 Å². The van der Waals surface area contributed by atoms with E-state index in [2.05, 4.69) is 45.3 Å². The number of aryl methyl sites for hydroxylation is 1. The van der Waals surface area contributed by atoms with Crippen molar-refractivity contribution in [1.82, 2.24) is 10.3 Å². The Bertz CT molecular complexity index is 453. The fraction of sp³-hybridized carbons (Fsp3) is 0.462. The molecule has 3 heteroatoms. The van der Waals surface area contributed by atoms with Crippen LogP contribution in [-0.4, -0.2) is 17.6 Å². The van der Waals surface area contributed by atoms with E-state index in [-0.39, 0.29) is 0 Å². The van der Waals surface area contributed by atoms with Crippen molar-refractivity contribution in [2.75, 3.05) is 6.54 Å². The molecule has 2 heterocycles. The van der Waals surface area contributed by atoms with Crippen molar-refractivity contribution in [1.29, 1.82) is 0 Å². The third kappa shape index (κ3) is 1.72. The van der Waals surface area contributed by atoms with Crippen LogP contribution in [0.2, 0.25) is 0 Å². The van der Waals surface area contributed by atoms with E-state index in [1.165, 1.54) is 29.7 Å². The zero-order chi connectivity index (χ0) is 11.1. The summed E-state index contributed by atoms with van der Waals surface area (Å²) in [5.41, 5.74) is 3.96. The zero-order valence-electron chi connectivity index (χ0n) is 9.33. The van der Waals surface area contributed by atoms with Crippen molar-refractivity contribution in [3.05, 3.63) is 34.1 Å². The average molecular weight is 279 g/mol. The van der Waals surface area contributed by atoms with E-state index < -0.39 is 0 Å². The van der Waals surface area contributed by atoms with Gasteiger partial charge in [-0.05, 0) is 70.9 Å². The molecule has 1 aromatic heterocycles. The Morgan fingerprint density at radius 3 is 3.12 bits per heavy atom. The monoisotopic (exact) mass is 278 g/mol. The van der Waals surface area contributed by atoms with Crippen molar-refractivity contribution in [3.8, 4) is 0 Å². The molecule has 0 radical (unpaired) electrons. The van der Waals surface area contributed by atoms with Crippen LogP contribution in [0.1, 0.15) is 24.0 Å². The number of aromatic nitrogens is 1. The van der Waals surface area contributed by atoms with Gasteiger partial charge in [-0.2, -0.15) is 0 Å². The van der Waals surface area contributed by atoms with Crippen LogP contribution in [0.3, 0.4) is 0 Å². The van der Waals surface area contributed by atoms with Crippen molar-refractivity contribution in [3.63, 3.8) is 0 Å². The fourth-order valence-corrected chi connectivity index (χ4v) is 2.94. The maximum Gasteiger partial charge on any atom is 0.109 e. The van der Waals surface area contributed by atoms with Crippen LogP contribution in [0, 0.1) is 12.8 Å². The molecule has 2 atom stereocenters. The molecule has 84 valence electrons. The minimum atomic E-state index is 0.680. The van der Waals surface area contributed by atoms with Gasteiger partial charge in [0, 0.05) is 12.2 Å². The lowest BCUT2D eigenvalue weighted by atomic mass is 10.0. The van der Waals surface area contributed by atoms with Crippen molar-refractivity contribution in [2.24, 2.45) is 5.92 Å². The van der Waals surface area contributed by atoms with Crippen LogP contribution in [0.4, 0.5) is 0 Å². The Kier molecular flexibility index (Phi) is 2.60. The Hall–Kier alpha value is -0.670. The molecule has 0 spiro atoms. The highest BCUT2D eigenvalue weighted by Gasteiger charge is 2.31. The minimum absolute atomic E-state index is 0.680. The molecule has 1 aliphatic carbocycles. The van der Waals surface area contributed by atoms with Crippen LogP contribution in [0.15, 0.2) is 22.9 Å². The molecule has 1 N–H and O–H groups in total. The van der Waals surface area contributed by atoms with Crippen LogP contribution in [0.25, 0.3) is 5.57 Å². The molecule has 0 aromatic carbocycles. The van der Waals surface area contributed by atoms with Crippen LogP contribution >= 0.6 is 15.9 Å². The van der Waals surface area contributed by atoms with Gasteiger partial charge in [-0.3, -0.25) is 0 Å². The maximum atomic E-state index is 4.37. The van der Waals surface area contributed by atoms with Crippen molar-refractivity contribution >= 4 is 21.5 Å². The largest absolute Gasteiger partial charge is 0.313 e. The van der Waals surface area contributed by atoms with Gasteiger partial charge in [0.05, 0.1) is 0 Å². The molecule has 0 unspecified atom stereocenters. The smallest absolute Gasteiger partial charge is 0.109 e. The Morgan fingerprint density at radius 1 is 1.50 bits per heavy atom. The molecule has 2 nitrogen and oxygen atoms in total. The van der Waals surface area contributed by atoms with Gasteiger partial charge in [0.25, 0.3) is 0 Å². The van der Waals surface area contributed by atoms with E-state index >= 15 is 0 Å². The quantitative estimate of drug-likeness (QED) is 0.799. The van der Waals surface area contributed by atoms with E-state index in [0.29, 0.717) is 6.04 Å². The predicted octanol–water partition coefficient (Wildman–Crippen LogP) is 2.92. The summed E-state index contributed by atoms with van der Waals surface area (Å²) in [4.78, 5) is 4.37. The molecule has 1 aromatic rings. The average Bonchev–Trinajstić information content (AvgIpc) is 2.81. The molecule has 0 bridgehead atoms. The predicted molar refractivity (Wildman–Crippen MR) is 69.2 cm³/mol. The summed E-state index contributed by atoms with van der Waals surface area (Å²) in [6.07, 6.45) is 6.86. The molecule has 3 rings (SSSR count). The molecule has 0 amide bonds. The van der Waals surface area contributed by atoms with Crippen LogP contribution in [0.5, 0.6) is 0 Å². The second kappa shape index (κ2) is 3.97. The summed E-state index contributed by atoms with van der Waals surface area (Å²) in [5, 5.41) is 3.56. The number of nitrogens with one attached hydrogen (secondary N) is 1. The summed E-state index contributed by atoms with van der Waals surface area (Å²) in [5.74, 6) is 0.749. The molecule has 2 aliphatic rings. The second-order valence-electron chi connectivity index (χ2n) is 4.74. The standard InChI is InChI=1S/C13H15BrN2/c1-8-4-11(7-16-13(8)14)10-5-9-2-3-15-12(9)6-10/h4-5,7,9,12,15H,2-3,6H2,1H3/t9-,12+/m0/s1. The summed E-state index contributed by atoms with van der Waals surface area (Å²) >= 11 is 3.44. The summed E-state index contributed by atoms with van der Waals surface area (Å²) < 4.78 is 0.952. The maximum absolute atomic E-state index is 4.37. The first kappa shape index (κ1) is 10.5. The van der Waals surface area contributed by atoms with Crippen LogP contribution < -0.4 is 5.32 Å². The molecule has 16 heavy (non-hydrogen) atoms. The first-order valence-electron chi connectivity index (χ1n) is 5.80. The molecule has 1 aliphatic heterocycles. The lowest BCUT2D eigenvalue weighted by molar-refractivity contribution is 0.563. The van der Waals surface area contributed by atoms with Gasteiger partial charge in [-0.1, -0.05) is 6.08 Å². The summed E-state index contributed by atoms with van der Waals surface area (Å²) in [7, 11) is 0. The Labute approximate surface area is 104 Å². The van der Waals surface area contributed by atoms with Crippen molar-refractivity contribution < 1.29 is 0 Å². The third-order valence-corrected chi connectivity index (χ3v) is 4.47. The van der Waals surface area contributed by atoms with E-state index in [1.54, 1.807) is 0 Å². The number of rotatable bonds is 1. The van der Waals surface area contributed by atoms with Gasteiger partial charge < -0.3 is 5.32 Å². The van der Waals surface area contributed by atoms with E-state index in [0.717, 1.165) is 16.9 Å². The molecular weight excluding hydrogens is 264 g/mol. The van der Waals surface area contributed by atoms with Gasteiger partial charge in [0.15, 0.2) is 0 Å². The Morgan fingerprint density at radius 2 is 2.38 bits per heavy atom. The highest BCUT2D eigenvalue weighted by molar-refractivity contribution is 9.10. The second-order valence-corrected chi connectivity index (χ2v) is 5.49. The summed E-state index contributed by atoms with van der Waals surface area (Å²) in [6.45, 7) is 3.27. The van der Waals surface area contributed by atoms with Gasteiger partial charge in [-0.15, -0.1) is 0 Å². The highest BCUT2D eigenvalue weighted by Crippen LogP contribution is 2.36. The van der Waals surface area contributed by atoms with Gasteiger partial charge >= 0.3 is 0 Å². The lowest BCUT2D eigenvalue weighted by Crippen LogP contribution is -2.22. The Balaban J connectivity index is 1.90. The first-order valence-corrected chi connectivity index (χ1v) is 6.60. The number of fused-ring (bicyclic) bond motifs is 1. The zero-order valence-corrected chi connectivity index (χ0v) is 10.9. The lowest BCUT2D eigenvalue weighted by Gasteiger charge is -2.09. The van der Waals surface area contributed by atoms with Crippen molar-refractivity contribution in [2.45, 2.75) is 25.8 Å². The number of hydrogen-bond donors (Lipinski definition) is 1. The van der Waals surface area contributed by atoms with Gasteiger partial charge in [0.1, 0.15) is 4.60 Å². The molecule has 0 saturated carbocycles. The normalized spacial score (nSPS) is 28.0. The number of pyridine rings is 1. The first-order chi connectivity index (χ1) is 7.74. The van der Waals surface area contributed by atoms with Gasteiger partial charge in [0.2, 0.25) is 0 Å². The number of hydrogen-bond acceptors (Lipinski definition) is 2. The summed E-state index contributed by atoms with van der Waals surface area (Å²) in [6, 6.07) is 2.91. The third-order valence-electron chi connectivity index (χ3n) is 3.64. The number of nitrogens with zero attached hydrogens (tertiary/aromatic N) is 1. The molecule has 1 saturated heterocycles. The van der Waals surface area contributed by atoms with E-state index in [1.807, 2.05) is 6.20 Å². The van der Waals surface area contributed by atoms with Gasteiger partial charge in [-0.25, -0.2) is 4.98 Å². The van der Waals surface area contributed by atoms with E-state index in [4.69, 9.17) is 0 Å². The SMILES string of the molecule is Cc1cc(C2=C[C@@H]3CCN[C@@H]3C2)cnc1Br. The topological polar surface area (TPSA) is 24.9 Å². The fourth-order valence-electron chi connectivity index (χ4n) is 2.72.